The van der Waals surface area contributed by atoms with Crippen LogP contribution in [0.4, 0.5) is 17.6 Å². The molecule has 0 aliphatic carbocycles. The van der Waals surface area contributed by atoms with Gasteiger partial charge in [0.1, 0.15) is 17.3 Å². The minimum absolute atomic E-state index is 0.180. The summed E-state index contributed by atoms with van der Waals surface area (Å²) in [6.07, 6.45) is 1.61. The number of aryl methyl sites for hydroxylation is 1. The highest BCUT2D eigenvalue weighted by atomic mass is 16.5. The van der Waals surface area contributed by atoms with Crippen LogP contribution in [0.5, 0.6) is 17.4 Å². The van der Waals surface area contributed by atoms with Crippen LogP contribution in [0.1, 0.15) is 5.82 Å². The third kappa shape index (κ3) is 5.59. The Balaban J connectivity index is 1.39. The number of piperazine rings is 1. The quantitative estimate of drug-likeness (QED) is 0.544. The van der Waals surface area contributed by atoms with Crippen molar-refractivity contribution in [2.24, 2.45) is 0 Å². The molecule has 0 amide bonds. The van der Waals surface area contributed by atoms with Gasteiger partial charge >= 0.3 is 0 Å². The number of aliphatic hydroxyl groups excluding tert-OH is 1. The fourth-order valence-electron chi connectivity index (χ4n) is 3.40. The molecule has 10 heteroatoms. The first-order valence-electron chi connectivity index (χ1n) is 10.5. The second kappa shape index (κ2) is 10.2. The summed E-state index contributed by atoms with van der Waals surface area (Å²) in [5.41, 5.74) is 0.842. The van der Waals surface area contributed by atoms with Crippen LogP contribution in [-0.4, -0.2) is 76.4 Å². The maximum atomic E-state index is 9.11. The lowest BCUT2D eigenvalue weighted by Gasteiger charge is -2.34. The lowest BCUT2D eigenvalue weighted by Crippen LogP contribution is -2.47. The van der Waals surface area contributed by atoms with Crippen molar-refractivity contribution in [1.29, 1.82) is 0 Å². The molecule has 1 aliphatic rings. The molecule has 3 heterocycles. The Hall–Kier alpha value is -3.50. The summed E-state index contributed by atoms with van der Waals surface area (Å²) >= 11 is 0. The molecule has 1 saturated heterocycles. The maximum Gasteiger partial charge on any atom is 0.232 e. The second-order valence-electron chi connectivity index (χ2n) is 7.35. The number of anilines is 3. The second-order valence-corrected chi connectivity index (χ2v) is 7.35. The normalized spacial score (nSPS) is 14.3. The van der Waals surface area contributed by atoms with E-state index in [1.165, 1.54) is 0 Å². The molecule has 0 unspecified atom stereocenters. The third-order valence-corrected chi connectivity index (χ3v) is 5.07. The number of β-amino-alcohol motifs (C(OH)–C–C–N with tert-alkyl or cyclic N) is 1. The Morgan fingerprint density at radius 2 is 1.72 bits per heavy atom. The van der Waals surface area contributed by atoms with Gasteiger partial charge in [0, 0.05) is 44.5 Å². The minimum Gasteiger partial charge on any atom is -0.481 e. The molecule has 2 aromatic heterocycles. The number of aliphatic hydroxyl groups is 1. The molecular weight excluding hydrogens is 410 g/mol. The smallest absolute Gasteiger partial charge is 0.232 e. The van der Waals surface area contributed by atoms with Crippen LogP contribution in [0.25, 0.3) is 0 Å². The molecular formula is C22H27N7O3. The van der Waals surface area contributed by atoms with Crippen molar-refractivity contribution < 1.29 is 14.6 Å². The van der Waals surface area contributed by atoms with Gasteiger partial charge in [-0.2, -0.15) is 15.0 Å². The molecule has 0 atom stereocenters. The number of hydrogen-bond donors (Lipinski definition) is 2. The van der Waals surface area contributed by atoms with Crippen molar-refractivity contribution in [3.63, 3.8) is 0 Å². The summed E-state index contributed by atoms with van der Waals surface area (Å²) in [6, 6.07) is 11.1. The van der Waals surface area contributed by atoms with E-state index >= 15 is 0 Å². The average molecular weight is 438 g/mol. The zero-order valence-corrected chi connectivity index (χ0v) is 18.2. The molecule has 0 radical (unpaired) electrons. The van der Waals surface area contributed by atoms with Crippen molar-refractivity contribution in [2.45, 2.75) is 6.92 Å². The predicted molar refractivity (Wildman–Crippen MR) is 121 cm³/mol. The topological polar surface area (TPSA) is 109 Å². The number of pyridine rings is 1. The Bertz CT molecular complexity index is 1010. The van der Waals surface area contributed by atoms with Gasteiger partial charge in [0.2, 0.25) is 17.8 Å². The van der Waals surface area contributed by atoms with E-state index in [1.807, 2.05) is 31.2 Å². The number of methoxy groups -OCH3 is 1. The van der Waals surface area contributed by atoms with Gasteiger partial charge in [-0.15, -0.1) is 0 Å². The van der Waals surface area contributed by atoms with Crippen molar-refractivity contribution in [1.82, 2.24) is 24.8 Å². The molecule has 2 N–H and O–H groups in total. The highest BCUT2D eigenvalue weighted by Gasteiger charge is 2.19. The molecule has 0 bridgehead atoms. The van der Waals surface area contributed by atoms with Crippen molar-refractivity contribution in [2.75, 3.05) is 56.7 Å². The van der Waals surface area contributed by atoms with Crippen molar-refractivity contribution in [3.05, 3.63) is 48.4 Å². The number of rotatable bonds is 8. The van der Waals surface area contributed by atoms with E-state index in [-0.39, 0.29) is 6.61 Å². The SMILES string of the molecule is COc1ccc(Oc2ccc(Nc3nc(C)nc(N4CCN(CCO)CC4)n3)cc2)cn1. The fraction of sp³-hybridized carbons (Fsp3) is 0.364. The predicted octanol–water partition coefficient (Wildman–Crippen LogP) is 2.23. The first-order valence-corrected chi connectivity index (χ1v) is 10.5. The molecule has 3 aromatic rings. The van der Waals surface area contributed by atoms with Crippen molar-refractivity contribution in [3.8, 4) is 17.4 Å². The van der Waals surface area contributed by atoms with Gasteiger partial charge in [0.05, 0.1) is 19.9 Å². The standard InChI is InChI=1S/C22H27N7O3/c1-16-24-21(27-22(25-16)29-11-9-28(10-12-29)13-14-30)26-17-3-5-18(6-4-17)32-19-7-8-20(31-2)23-15-19/h3-8,15,30H,9-14H2,1-2H3,(H,24,25,26,27). The van der Waals surface area contributed by atoms with Gasteiger partial charge in [-0.25, -0.2) is 4.98 Å². The monoisotopic (exact) mass is 437 g/mol. The van der Waals surface area contributed by atoms with E-state index in [1.54, 1.807) is 25.4 Å². The lowest BCUT2D eigenvalue weighted by atomic mass is 10.3. The van der Waals surface area contributed by atoms with Gasteiger partial charge in [-0.1, -0.05) is 0 Å². The first-order chi connectivity index (χ1) is 15.6. The van der Waals surface area contributed by atoms with Crippen molar-refractivity contribution >= 4 is 17.6 Å². The number of benzene rings is 1. The highest BCUT2D eigenvalue weighted by Crippen LogP contribution is 2.25. The Morgan fingerprint density at radius 3 is 2.38 bits per heavy atom. The Kier molecular flexibility index (Phi) is 6.93. The van der Waals surface area contributed by atoms with Gasteiger partial charge in [0.25, 0.3) is 0 Å². The molecule has 168 valence electrons. The van der Waals surface area contributed by atoms with E-state index < -0.39 is 0 Å². The van der Waals surface area contributed by atoms with Crippen LogP contribution in [0, 0.1) is 6.92 Å². The van der Waals surface area contributed by atoms with E-state index in [0.29, 0.717) is 41.6 Å². The van der Waals surface area contributed by atoms with E-state index in [2.05, 4.69) is 35.1 Å². The number of nitrogens with one attached hydrogen (secondary N) is 1. The average Bonchev–Trinajstić information content (AvgIpc) is 2.81. The minimum atomic E-state index is 0.180. The van der Waals surface area contributed by atoms with Crippen LogP contribution in [0.2, 0.25) is 0 Å². The molecule has 10 nitrogen and oxygen atoms in total. The van der Waals surface area contributed by atoms with E-state index in [4.69, 9.17) is 14.6 Å². The van der Waals surface area contributed by atoms with E-state index in [9.17, 15) is 0 Å². The summed E-state index contributed by atoms with van der Waals surface area (Å²) in [6.45, 7) is 6.12. The highest BCUT2D eigenvalue weighted by molar-refractivity contribution is 5.56. The molecule has 1 aliphatic heterocycles. The Morgan fingerprint density at radius 1 is 0.969 bits per heavy atom. The van der Waals surface area contributed by atoms with Gasteiger partial charge in [-0.05, 0) is 37.3 Å². The van der Waals surface area contributed by atoms with Gasteiger partial charge < -0.3 is 24.8 Å². The molecule has 0 spiro atoms. The summed E-state index contributed by atoms with van der Waals surface area (Å²) in [5, 5.41) is 12.4. The third-order valence-electron chi connectivity index (χ3n) is 5.07. The maximum absolute atomic E-state index is 9.11. The fourth-order valence-corrected chi connectivity index (χ4v) is 3.40. The number of nitrogens with zero attached hydrogens (tertiary/aromatic N) is 6. The zero-order valence-electron chi connectivity index (χ0n) is 18.2. The van der Waals surface area contributed by atoms with E-state index in [0.717, 1.165) is 31.9 Å². The molecule has 0 saturated carbocycles. The summed E-state index contributed by atoms with van der Waals surface area (Å²) in [7, 11) is 1.57. The summed E-state index contributed by atoms with van der Waals surface area (Å²) in [5.74, 6) is 3.67. The van der Waals surface area contributed by atoms with Gasteiger partial charge in [0.15, 0.2) is 0 Å². The zero-order chi connectivity index (χ0) is 22.3. The van der Waals surface area contributed by atoms with Crippen LogP contribution < -0.4 is 19.7 Å². The Labute approximate surface area is 186 Å². The number of aromatic nitrogens is 4. The van der Waals surface area contributed by atoms with Gasteiger partial charge in [-0.3, -0.25) is 4.90 Å². The van der Waals surface area contributed by atoms with Crippen LogP contribution in [-0.2, 0) is 0 Å². The summed E-state index contributed by atoms with van der Waals surface area (Å²) < 4.78 is 10.9. The molecule has 4 rings (SSSR count). The molecule has 1 aromatic carbocycles. The lowest BCUT2D eigenvalue weighted by molar-refractivity contribution is 0.188. The van der Waals surface area contributed by atoms with Crippen LogP contribution >= 0.6 is 0 Å². The molecule has 32 heavy (non-hydrogen) atoms. The number of ether oxygens (including phenoxy) is 2. The largest absolute Gasteiger partial charge is 0.481 e. The van der Waals surface area contributed by atoms with Crippen LogP contribution in [0.15, 0.2) is 42.6 Å². The molecule has 1 fully saturated rings. The summed E-state index contributed by atoms with van der Waals surface area (Å²) in [4.78, 5) is 22.0. The van der Waals surface area contributed by atoms with Crippen LogP contribution in [0.3, 0.4) is 0 Å². The first kappa shape index (κ1) is 21.7. The number of hydrogen-bond acceptors (Lipinski definition) is 10.